The first-order valence-electron chi connectivity index (χ1n) is 5.10. The molecule has 0 radical (unpaired) electrons. The van der Waals surface area contributed by atoms with Crippen LogP contribution in [0, 0.1) is 0 Å². The lowest BCUT2D eigenvalue weighted by Gasteiger charge is -2.13. The minimum absolute atomic E-state index is 0.143. The first-order valence-corrected chi connectivity index (χ1v) is 6.42. The third-order valence-corrected chi connectivity index (χ3v) is 3.51. The molecule has 0 spiro atoms. The molecule has 0 amide bonds. The molecule has 1 atom stereocenters. The predicted octanol–water partition coefficient (Wildman–Crippen LogP) is 2.13. The van der Waals surface area contributed by atoms with Gasteiger partial charge in [0.05, 0.1) is 23.2 Å². The van der Waals surface area contributed by atoms with Crippen molar-refractivity contribution in [2.45, 2.75) is 12.7 Å². The molecule has 0 saturated heterocycles. The lowest BCUT2D eigenvalue weighted by atomic mass is 10.1. The van der Waals surface area contributed by atoms with Gasteiger partial charge in [-0.05, 0) is 22.0 Å². The summed E-state index contributed by atoms with van der Waals surface area (Å²) in [5, 5.41) is 12.4. The number of cyclic esters (lactones) is 1. The number of carbonyl (C=O) groups excluding carboxylic acids is 1. The van der Waals surface area contributed by atoms with E-state index in [9.17, 15) is 9.90 Å². The van der Waals surface area contributed by atoms with Crippen molar-refractivity contribution >= 4 is 39.2 Å². The molecule has 2 N–H and O–H groups in total. The number of halogens is 2. The van der Waals surface area contributed by atoms with Crippen molar-refractivity contribution in [2.24, 2.45) is 0 Å². The second-order valence-electron chi connectivity index (χ2n) is 3.72. The van der Waals surface area contributed by atoms with Crippen LogP contribution in [0.5, 0.6) is 0 Å². The topological polar surface area (TPSA) is 58.6 Å². The molecule has 92 valence electrons. The maximum Gasteiger partial charge on any atom is 0.341 e. The number of carbonyl (C=O) groups is 1. The molecule has 1 unspecified atom stereocenters. The Bertz CT molecular complexity index is 453. The standard InChI is InChI=1S/C11H11BrClNO3/c12-8-2-1-6-5-17-11(16)9(6)10(8)14-4-7(15)3-13/h1-2,7,14-15H,3-5H2. The average molecular weight is 321 g/mol. The van der Waals surface area contributed by atoms with Crippen molar-refractivity contribution in [3.8, 4) is 0 Å². The maximum absolute atomic E-state index is 11.6. The molecule has 1 aliphatic rings. The highest BCUT2D eigenvalue weighted by molar-refractivity contribution is 9.10. The summed E-state index contributed by atoms with van der Waals surface area (Å²) >= 11 is 8.88. The maximum atomic E-state index is 11.6. The van der Waals surface area contributed by atoms with Gasteiger partial charge in [-0.2, -0.15) is 0 Å². The number of nitrogens with one attached hydrogen (secondary N) is 1. The zero-order chi connectivity index (χ0) is 12.4. The molecule has 0 aliphatic carbocycles. The van der Waals surface area contributed by atoms with Crippen molar-refractivity contribution in [3.63, 3.8) is 0 Å². The first-order chi connectivity index (χ1) is 8.13. The molecular weight excluding hydrogens is 309 g/mol. The number of anilines is 1. The molecule has 0 saturated carbocycles. The van der Waals surface area contributed by atoms with Crippen LogP contribution in [0.3, 0.4) is 0 Å². The van der Waals surface area contributed by atoms with Crippen LogP contribution in [0.2, 0.25) is 0 Å². The van der Waals surface area contributed by atoms with Gasteiger partial charge in [0.1, 0.15) is 6.61 Å². The number of aliphatic hydroxyl groups is 1. The lowest BCUT2D eigenvalue weighted by molar-refractivity contribution is 0.0535. The van der Waals surface area contributed by atoms with E-state index in [1.54, 1.807) is 0 Å². The van der Waals surface area contributed by atoms with Crippen molar-refractivity contribution in [2.75, 3.05) is 17.7 Å². The molecule has 0 bridgehead atoms. The van der Waals surface area contributed by atoms with E-state index in [2.05, 4.69) is 21.2 Å². The van der Waals surface area contributed by atoms with E-state index in [-0.39, 0.29) is 18.4 Å². The summed E-state index contributed by atoms with van der Waals surface area (Å²) in [7, 11) is 0. The number of esters is 1. The van der Waals surface area contributed by atoms with Crippen molar-refractivity contribution in [3.05, 3.63) is 27.7 Å². The quantitative estimate of drug-likeness (QED) is 0.659. The molecule has 0 aromatic heterocycles. The second kappa shape index (κ2) is 5.25. The van der Waals surface area contributed by atoms with Crippen LogP contribution in [0.1, 0.15) is 15.9 Å². The fourth-order valence-corrected chi connectivity index (χ4v) is 2.22. The van der Waals surface area contributed by atoms with Gasteiger partial charge in [-0.15, -0.1) is 11.6 Å². The van der Waals surface area contributed by atoms with Crippen LogP contribution in [0.4, 0.5) is 5.69 Å². The van der Waals surface area contributed by atoms with E-state index in [0.29, 0.717) is 17.9 Å². The number of alkyl halides is 1. The van der Waals surface area contributed by atoms with Crippen LogP contribution < -0.4 is 5.32 Å². The average Bonchev–Trinajstić information content (AvgIpc) is 2.70. The van der Waals surface area contributed by atoms with Gasteiger partial charge in [-0.3, -0.25) is 0 Å². The highest BCUT2D eigenvalue weighted by atomic mass is 79.9. The molecule has 1 heterocycles. The minimum atomic E-state index is -0.656. The van der Waals surface area contributed by atoms with Crippen LogP contribution in [0.15, 0.2) is 16.6 Å². The highest BCUT2D eigenvalue weighted by Crippen LogP contribution is 2.33. The van der Waals surface area contributed by atoms with Crippen molar-refractivity contribution in [1.82, 2.24) is 0 Å². The Morgan fingerprint density at radius 3 is 3.06 bits per heavy atom. The Morgan fingerprint density at radius 2 is 2.35 bits per heavy atom. The molecule has 0 fully saturated rings. The van der Waals surface area contributed by atoms with Gasteiger partial charge in [0.2, 0.25) is 0 Å². The molecule has 17 heavy (non-hydrogen) atoms. The normalized spacial score (nSPS) is 15.4. The van der Waals surface area contributed by atoms with Gasteiger partial charge >= 0.3 is 5.97 Å². The fourth-order valence-electron chi connectivity index (χ4n) is 1.64. The van der Waals surface area contributed by atoms with Gasteiger partial charge in [0.15, 0.2) is 0 Å². The summed E-state index contributed by atoms with van der Waals surface area (Å²) in [5.74, 6) is -0.200. The fraction of sp³-hybridized carbons (Fsp3) is 0.364. The van der Waals surface area contributed by atoms with Gasteiger partial charge in [-0.25, -0.2) is 4.79 Å². The number of hydrogen-bond acceptors (Lipinski definition) is 4. The van der Waals surface area contributed by atoms with Gasteiger partial charge in [0.25, 0.3) is 0 Å². The van der Waals surface area contributed by atoms with E-state index < -0.39 is 6.10 Å². The predicted molar refractivity (Wildman–Crippen MR) is 68.5 cm³/mol. The van der Waals surface area contributed by atoms with Gasteiger partial charge in [-0.1, -0.05) is 6.07 Å². The zero-order valence-corrected chi connectivity index (χ0v) is 11.2. The summed E-state index contributed by atoms with van der Waals surface area (Å²) in [6.07, 6.45) is -0.656. The van der Waals surface area contributed by atoms with E-state index >= 15 is 0 Å². The third-order valence-electron chi connectivity index (χ3n) is 2.50. The number of benzene rings is 1. The number of rotatable bonds is 4. The van der Waals surface area contributed by atoms with E-state index in [1.165, 1.54) is 0 Å². The van der Waals surface area contributed by atoms with Gasteiger partial charge < -0.3 is 15.2 Å². The second-order valence-corrected chi connectivity index (χ2v) is 4.88. The summed E-state index contributed by atoms with van der Waals surface area (Å²) in [5.41, 5.74) is 2.02. The largest absolute Gasteiger partial charge is 0.457 e. The molecular formula is C11H11BrClNO3. The summed E-state index contributed by atoms with van der Waals surface area (Å²) in [6, 6.07) is 3.68. The highest BCUT2D eigenvalue weighted by Gasteiger charge is 2.26. The number of fused-ring (bicyclic) bond motifs is 1. The first kappa shape index (κ1) is 12.7. The van der Waals surface area contributed by atoms with Crippen LogP contribution in [-0.2, 0) is 11.3 Å². The lowest BCUT2D eigenvalue weighted by Crippen LogP contribution is -2.22. The van der Waals surface area contributed by atoms with Crippen LogP contribution in [0.25, 0.3) is 0 Å². The molecule has 1 aliphatic heterocycles. The van der Waals surface area contributed by atoms with Crippen molar-refractivity contribution in [1.29, 1.82) is 0 Å². The summed E-state index contributed by atoms with van der Waals surface area (Å²) in [6.45, 7) is 0.583. The Labute approximate surface area is 112 Å². The van der Waals surface area contributed by atoms with E-state index in [4.69, 9.17) is 16.3 Å². The van der Waals surface area contributed by atoms with E-state index in [0.717, 1.165) is 10.0 Å². The molecule has 4 nitrogen and oxygen atoms in total. The summed E-state index contributed by atoms with van der Waals surface area (Å²) < 4.78 is 5.72. The Balaban J connectivity index is 2.27. The smallest absolute Gasteiger partial charge is 0.341 e. The Hall–Kier alpha value is -0.780. The monoisotopic (exact) mass is 319 g/mol. The Morgan fingerprint density at radius 1 is 1.59 bits per heavy atom. The van der Waals surface area contributed by atoms with E-state index in [1.807, 2.05) is 12.1 Å². The molecule has 2 rings (SSSR count). The number of ether oxygens (including phenoxy) is 1. The number of aliphatic hydroxyl groups excluding tert-OH is 1. The Kier molecular flexibility index (Phi) is 3.91. The van der Waals surface area contributed by atoms with Crippen LogP contribution >= 0.6 is 27.5 Å². The van der Waals surface area contributed by atoms with Crippen LogP contribution in [-0.4, -0.2) is 29.6 Å². The molecule has 1 aromatic rings. The number of hydrogen-bond donors (Lipinski definition) is 2. The molecule has 6 heteroatoms. The minimum Gasteiger partial charge on any atom is -0.457 e. The van der Waals surface area contributed by atoms with Gasteiger partial charge in [0, 0.05) is 16.6 Å². The zero-order valence-electron chi connectivity index (χ0n) is 8.87. The van der Waals surface area contributed by atoms with Crippen molar-refractivity contribution < 1.29 is 14.6 Å². The molecule has 1 aromatic carbocycles. The third kappa shape index (κ3) is 2.56. The summed E-state index contributed by atoms with van der Waals surface area (Å²) in [4.78, 5) is 11.6. The SMILES string of the molecule is O=C1OCc2ccc(Br)c(NCC(O)CCl)c21.